The predicted octanol–water partition coefficient (Wildman–Crippen LogP) is 2.73. The monoisotopic (exact) mass is 258 g/mol. The van der Waals surface area contributed by atoms with E-state index in [1.807, 2.05) is 12.6 Å². The van der Waals surface area contributed by atoms with Crippen LogP contribution < -0.4 is 0 Å². The Bertz CT molecular complexity index is 323. The molecule has 6 heteroatoms. The summed E-state index contributed by atoms with van der Waals surface area (Å²) in [6, 6.07) is 0. The van der Waals surface area contributed by atoms with Gasteiger partial charge in [-0.3, -0.25) is 4.99 Å². The number of aliphatic imine (C=N–C) groups is 3. The molecule has 0 aromatic carbocycles. The molecule has 0 radical (unpaired) electrons. The highest BCUT2D eigenvalue weighted by Gasteiger charge is 2.15. The van der Waals surface area contributed by atoms with Crippen LogP contribution in [0, 0.1) is 5.92 Å². The fraction of sp³-hybridized carbons (Fsp3) is 0.700. The summed E-state index contributed by atoms with van der Waals surface area (Å²) in [7, 11) is 3.80. The third kappa shape index (κ3) is 3.92. The lowest BCUT2D eigenvalue weighted by Crippen LogP contribution is -2.20. The van der Waals surface area contributed by atoms with E-state index in [2.05, 4.69) is 40.1 Å². The van der Waals surface area contributed by atoms with E-state index in [1.165, 1.54) is 0 Å². The molecule has 4 nitrogen and oxygen atoms in total. The minimum absolute atomic E-state index is 0.313. The molecule has 1 unspecified atom stereocenters. The molecule has 1 heterocycles. The largest absolute Gasteiger partial charge is 0.263 e. The maximum absolute atomic E-state index is 4.48. The van der Waals surface area contributed by atoms with Gasteiger partial charge in [-0.25, -0.2) is 14.3 Å². The van der Waals surface area contributed by atoms with Gasteiger partial charge in [0.05, 0.1) is 10.9 Å². The molecular weight excluding hydrogens is 240 g/mol. The number of thioether (sulfide) groups is 1. The Hall–Kier alpha value is -0.330. The van der Waals surface area contributed by atoms with Crippen LogP contribution in [-0.4, -0.2) is 40.3 Å². The zero-order chi connectivity index (χ0) is 12.1. The van der Waals surface area contributed by atoms with Crippen LogP contribution in [0.3, 0.4) is 0 Å². The lowest BCUT2D eigenvalue weighted by atomic mass is 10.2. The minimum atomic E-state index is 0.313. The Morgan fingerprint density at radius 2 is 2.19 bits per heavy atom. The van der Waals surface area contributed by atoms with E-state index < -0.39 is 0 Å². The molecule has 0 N–H and O–H groups in total. The molecule has 90 valence electrons. The van der Waals surface area contributed by atoms with Crippen molar-refractivity contribution < 1.29 is 0 Å². The second kappa shape index (κ2) is 6.42. The molecule has 1 aliphatic heterocycles. The molecule has 0 saturated heterocycles. The maximum atomic E-state index is 4.48. The van der Waals surface area contributed by atoms with Gasteiger partial charge in [0.1, 0.15) is 5.84 Å². The van der Waals surface area contributed by atoms with E-state index in [0.717, 1.165) is 11.0 Å². The molecule has 1 atom stereocenters. The molecule has 1 rings (SSSR count). The second-order valence-electron chi connectivity index (χ2n) is 3.74. The summed E-state index contributed by atoms with van der Waals surface area (Å²) in [6.07, 6.45) is 0. The molecule has 0 aliphatic carbocycles. The molecule has 0 saturated carbocycles. The van der Waals surface area contributed by atoms with Crippen molar-refractivity contribution in [3.8, 4) is 0 Å². The third-order valence-corrected chi connectivity index (χ3v) is 4.21. The zero-order valence-electron chi connectivity index (χ0n) is 10.3. The first-order valence-electron chi connectivity index (χ1n) is 5.18. The number of nitrogens with zero attached hydrogens (tertiary/aromatic N) is 4. The molecule has 1 aliphatic rings. The average molecular weight is 258 g/mol. The fourth-order valence-electron chi connectivity index (χ4n) is 0.977. The van der Waals surface area contributed by atoms with E-state index in [-0.39, 0.29) is 0 Å². The number of rotatable bonds is 1. The van der Waals surface area contributed by atoms with Gasteiger partial charge in [0, 0.05) is 13.0 Å². The van der Waals surface area contributed by atoms with Gasteiger partial charge in [0.2, 0.25) is 0 Å². The molecule has 0 bridgehead atoms. The summed E-state index contributed by atoms with van der Waals surface area (Å²) in [5, 5.41) is 1.12. The number of hydrogen-bond acceptors (Lipinski definition) is 5. The van der Waals surface area contributed by atoms with Crippen LogP contribution in [0.5, 0.6) is 0 Å². The zero-order valence-corrected chi connectivity index (χ0v) is 12.0. The lowest BCUT2D eigenvalue weighted by Gasteiger charge is -2.19. The summed E-state index contributed by atoms with van der Waals surface area (Å²) in [6.45, 7) is 6.31. The van der Waals surface area contributed by atoms with Crippen molar-refractivity contribution in [2.75, 3.05) is 14.1 Å². The first-order valence-corrected chi connectivity index (χ1v) is 6.90. The second-order valence-corrected chi connectivity index (χ2v) is 6.03. The number of amidine groups is 2. The Labute approximate surface area is 106 Å². The molecule has 0 amide bonds. The normalized spacial score (nSPS) is 31.8. The molecule has 0 aromatic heterocycles. The van der Waals surface area contributed by atoms with Crippen molar-refractivity contribution in [1.82, 2.24) is 4.31 Å². The van der Waals surface area contributed by atoms with Crippen molar-refractivity contribution >= 4 is 40.3 Å². The highest BCUT2D eigenvalue weighted by molar-refractivity contribution is 8.15. The van der Waals surface area contributed by atoms with Gasteiger partial charge in [-0.05, 0) is 25.9 Å². The summed E-state index contributed by atoms with van der Waals surface area (Å²) >= 11 is 3.24. The van der Waals surface area contributed by atoms with Crippen LogP contribution in [0.2, 0.25) is 0 Å². The topological polar surface area (TPSA) is 40.3 Å². The van der Waals surface area contributed by atoms with Crippen LogP contribution in [0.15, 0.2) is 15.0 Å². The van der Waals surface area contributed by atoms with Gasteiger partial charge in [-0.15, -0.1) is 0 Å². The van der Waals surface area contributed by atoms with Crippen LogP contribution in [0.4, 0.5) is 0 Å². The van der Waals surface area contributed by atoms with E-state index in [9.17, 15) is 0 Å². The average Bonchev–Trinajstić information content (AvgIpc) is 2.30. The first kappa shape index (κ1) is 13.7. The smallest absolute Gasteiger partial charge is 0.199 e. The summed E-state index contributed by atoms with van der Waals surface area (Å²) < 4.78 is 2.13. The van der Waals surface area contributed by atoms with Crippen LogP contribution in [0.25, 0.3) is 0 Å². The van der Waals surface area contributed by atoms with Gasteiger partial charge in [-0.2, -0.15) is 0 Å². The Morgan fingerprint density at radius 1 is 1.50 bits per heavy atom. The fourth-order valence-corrected chi connectivity index (χ4v) is 2.39. The minimum Gasteiger partial charge on any atom is -0.263 e. The van der Waals surface area contributed by atoms with Gasteiger partial charge in [0.15, 0.2) is 5.17 Å². The van der Waals surface area contributed by atoms with Crippen LogP contribution in [-0.2, 0) is 0 Å². The Morgan fingerprint density at radius 3 is 2.75 bits per heavy atom. The SMILES string of the molecule is C\N=C1/N=C(C(C)C)\N=C\SC(C)N(C)S1. The van der Waals surface area contributed by atoms with Gasteiger partial charge in [-0.1, -0.05) is 25.6 Å². The predicted molar refractivity (Wildman–Crippen MR) is 76.5 cm³/mol. The first-order chi connectivity index (χ1) is 7.54. The van der Waals surface area contributed by atoms with E-state index in [4.69, 9.17) is 0 Å². The van der Waals surface area contributed by atoms with Crippen molar-refractivity contribution in [1.29, 1.82) is 0 Å². The van der Waals surface area contributed by atoms with Gasteiger partial charge < -0.3 is 0 Å². The van der Waals surface area contributed by atoms with Crippen molar-refractivity contribution in [3.05, 3.63) is 0 Å². The quantitative estimate of drug-likeness (QED) is 0.679. The highest BCUT2D eigenvalue weighted by Crippen LogP contribution is 2.23. The highest BCUT2D eigenvalue weighted by atomic mass is 32.2. The van der Waals surface area contributed by atoms with Crippen molar-refractivity contribution in [3.63, 3.8) is 0 Å². The Balaban J connectivity index is 2.98. The summed E-state index contributed by atoms with van der Waals surface area (Å²) in [5.41, 5.74) is 1.87. The van der Waals surface area contributed by atoms with Crippen LogP contribution >= 0.6 is 23.7 Å². The summed E-state index contributed by atoms with van der Waals surface area (Å²) in [5.74, 6) is 1.15. The van der Waals surface area contributed by atoms with Crippen LogP contribution in [0.1, 0.15) is 20.8 Å². The standard InChI is InChI=1S/C10H18N4S2/c1-7(2)9-12-6-15-8(3)14(5)16-10(11-4)13-9/h6-8H,1-5H3/b11-10+,12-6+,13-9-. The molecule has 0 fully saturated rings. The van der Waals surface area contributed by atoms with Crippen molar-refractivity contribution in [2.24, 2.45) is 20.9 Å². The van der Waals surface area contributed by atoms with Crippen molar-refractivity contribution in [2.45, 2.75) is 26.1 Å². The lowest BCUT2D eigenvalue weighted by molar-refractivity contribution is 0.568. The molecule has 16 heavy (non-hydrogen) atoms. The summed E-state index contributed by atoms with van der Waals surface area (Å²) in [4.78, 5) is 13.0. The van der Waals surface area contributed by atoms with E-state index >= 15 is 0 Å². The molecule has 0 spiro atoms. The van der Waals surface area contributed by atoms with E-state index in [0.29, 0.717) is 11.3 Å². The van der Waals surface area contributed by atoms with Gasteiger partial charge >= 0.3 is 0 Å². The van der Waals surface area contributed by atoms with E-state index in [1.54, 1.807) is 30.8 Å². The number of hydrogen-bond donors (Lipinski definition) is 0. The van der Waals surface area contributed by atoms with Gasteiger partial charge in [0.25, 0.3) is 0 Å². The molecule has 0 aromatic rings. The molecular formula is C10H18N4S2. The third-order valence-electron chi connectivity index (χ3n) is 2.10. The Kier molecular flexibility index (Phi) is 5.51. The maximum Gasteiger partial charge on any atom is 0.199 e.